The van der Waals surface area contributed by atoms with Crippen molar-refractivity contribution in [3.8, 4) is 17.0 Å². The van der Waals surface area contributed by atoms with Crippen molar-refractivity contribution in [2.24, 2.45) is 5.10 Å². The zero-order chi connectivity index (χ0) is 23.9. The van der Waals surface area contributed by atoms with Gasteiger partial charge < -0.3 is 4.74 Å². The highest BCUT2D eigenvalue weighted by Gasteiger charge is 2.14. The second-order valence-corrected chi connectivity index (χ2v) is 7.49. The number of ether oxygens (including phenoxy) is 1. The minimum atomic E-state index is -0.501. The highest BCUT2D eigenvalue weighted by Crippen LogP contribution is 2.29. The number of rotatable bonds is 8. The minimum Gasteiger partial charge on any atom is -0.488 e. The molecule has 0 fully saturated rings. The molecular formula is C25H21N5O4. The molecule has 2 N–H and O–H groups in total. The lowest BCUT2D eigenvalue weighted by Crippen LogP contribution is -2.18. The average Bonchev–Trinajstić information content (AvgIpc) is 3.34. The van der Waals surface area contributed by atoms with Crippen LogP contribution in [-0.2, 0) is 6.61 Å². The van der Waals surface area contributed by atoms with Crippen molar-refractivity contribution in [3.05, 3.63) is 111 Å². The first-order valence-electron chi connectivity index (χ1n) is 10.4. The fraction of sp³-hybridized carbons (Fsp3) is 0.0800. The van der Waals surface area contributed by atoms with Gasteiger partial charge in [-0.05, 0) is 30.7 Å². The van der Waals surface area contributed by atoms with Gasteiger partial charge in [-0.15, -0.1) is 0 Å². The Morgan fingerprint density at radius 2 is 1.91 bits per heavy atom. The molecule has 9 heteroatoms. The highest BCUT2D eigenvalue weighted by molar-refractivity contribution is 5.94. The van der Waals surface area contributed by atoms with Crippen LogP contribution in [0, 0.1) is 17.0 Å². The summed E-state index contributed by atoms with van der Waals surface area (Å²) in [6.07, 6.45) is 1.33. The normalized spacial score (nSPS) is 10.9. The molecule has 0 aliphatic heterocycles. The van der Waals surface area contributed by atoms with Crippen LogP contribution in [0.4, 0.5) is 5.69 Å². The first-order chi connectivity index (χ1) is 16.5. The maximum Gasteiger partial charge on any atom is 0.289 e. The van der Waals surface area contributed by atoms with Crippen molar-refractivity contribution in [1.82, 2.24) is 15.6 Å². The lowest BCUT2D eigenvalue weighted by atomic mass is 10.1. The molecular weight excluding hydrogens is 434 g/mol. The van der Waals surface area contributed by atoms with Gasteiger partial charge in [-0.1, -0.05) is 54.1 Å². The van der Waals surface area contributed by atoms with E-state index in [0.717, 1.165) is 11.1 Å². The van der Waals surface area contributed by atoms with E-state index in [1.165, 1.54) is 23.9 Å². The van der Waals surface area contributed by atoms with Crippen LogP contribution < -0.4 is 10.2 Å². The number of nitrogens with one attached hydrogen (secondary N) is 2. The summed E-state index contributed by atoms with van der Waals surface area (Å²) >= 11 is 0. The number of carbonyl (C=O) groups excluding carboxylic acids is 1. The number of aryl methyl sites for hydroxylation is 1. The van der Waals surface area contributed by atoms with Crippen LogP contribution in [0.3, 0.4) is 0 Å². The number of non-ortho nitro benzene ring substituents is 1. The van der Waals surface area contributed by atoms with E-state index in [0.29, 0.717) is 23.6 Å². The number of nitro groups is 1. The van der Waals surface area contributed by atoms with Crippen LogP contribution in [-0.4, -0.2) is 27.2 Å². The summed E-state index contributed by atoms with van der Waals surface area (Å²) in [5, 5.41) is 21.7. The number of carbonyl (C=O) groups is 1. The fourth-order valence-corrected chi connectivity index (χ4v) is 3.17. The number of hydrogen-bond donors (Lipinski definition) is 2. The van der Waals surface area contributed by atoms with Crippen molar-refractivity contribution in [2.45, 2.75) is 13.5 Å². The van der Waals surface area contributed by atoms with E-state index in [1.54, 1.807) is 18.2 Å². The lowest BCUT2D eigenvalue weighted by Gasteiger charge is -2.10. The number of hydrazone groups is 1. The molecule has 0 saturated carbocycles. The maximum absolute atomic E-state index is 12.4. The number of aromatic amines is 1. The molecule has 0 bridgehead atoms. The third-order valence-corrected chi connectivity index (χ3v) is 4.96. The van der Waals surface area contributed by atoms with Crippen LogP contribution >= 0.6 is 0 Å². The van der Waals surface area contributed by atoms with Crippen molar-refractivity contribution in [1.29, 1.82) is 0 Å². The molecule has 3 aromatic carbocycles. The second kappa shape index (κ2) is 10.2. The number of nitrogens with zero attached hydrogens (tertiary/aromatic N) is 3. The van der Waals surface area contributed by atoms with Crippen LogP contribution in [0.5, 0.6) is 5.75 Å². The van der Waals surface area contributed by atoms with Gasteiger partial charge >= 0.3 is 0 Å². The summed E-state index contributed by atoms with van der Waals surface area (Å²) in [6.45, 7) is 2.44. The van der Waals surface area contributed by atoms with E-state index in [9.17, 15) is 14.9 Å². The summed E-state index contributed by atoms with van der Waals surface area (Å²) in [5.74, 6) is 0.142. The van der Waals surface area contributed by atoms with Crippen LogP contribution in [0.25, 0.3) is 11.3 Å². The molecule has 0 saturated heterocycles. The van der Waals surface area contributed by atoms with Gasteiger partial charge in [-0.25, -0.2) is 5.43 Å². The summed E-state index contributed by atoms with van der Waals surface area (Å²) in [5.41, 5.74) is 6.54. The Bertz CT molecular complexity index is 1350. The van der Waals surface area contributed by atoms with Gasteiger partial charge in [0.15, 0.2) is 0 Å². The minimum absolute atomic E-state index is 0.0586. The molecule has 9 nitrogen and oxygen atoms in total. The Morgan fingerprint density at radius 1 is 1.12 bits per heavy atom. The van der Waals surface area contributed by atoms with Crippen LogP contribution in [0.1, 0.15) is 27.2 Å². The number of benzene rings is 3. The lowest BCUT2D eigenvalue weighted by molar-refractivity contribution is -0.384. The van der Waals surface area contributed by atoms with Gasteiger partial charge in [0.25, 0.3) is 11.6 Å². The molecule has 0 spiro atoms. The Kier molecular flexibility index (Phi) is 6.73. The van der Waals surface area contributed by atoms with Gasteiger partial charge in [0.1, 0.15) is 18.1 Å². The van der Waals surface area contributed by atoms with Crippen molar-refractivity contribution < 1.29 is 14.5 Å². The van der Waals surface area contributed by atoms with E-state index in [2.05, 4.69) is 20.7 Å². The number of hydrogen-bond acceptors (Lipinski definition) is 6. The van der Waals surface area contributed by atoms with E-state index >= 15 is 0 Å². The Labute approximate surface area is 195 Å². The number of H-pyrrole nitrogens is 1. The first-order valence-corrected chi connectivity index (χ1v) is 10.4. The van der Waals surface area contributed by atoms with Crippen LogP contribution in [0.2, 0.25) is 0 Å². The molecule has 1 aromatic heterocycles. The number of para-hydroxylation sites is 1. The number of aromatic nitrogens is 2. The summed E-state index contributed by atoms with van der Waals surface area (Å²) in [4.78, 5) is 22.8. The third-order valence-electron chi connectivity index (χ3n) is 4.96. The summed E-state index contributed by atoms with van der Waals surface area (Å²) < 4.78 is 6.00. The molecule has 4 rings (SSSR count). The zero-order valence-corrected chi connectivity index (χ0v) is 18.3. The molecule has 0 aliphatic rings. The molecule has 170 valence electrons. The molecule has 0 aliphatic carbocycles. The van der Waals surface area contributed by atoms with Gasteiger partial charge in [0, 0.05) is 23.3 Å². The SMILES string of the molecule is Cc1ccc(COc2ccccc2-c2cc(C(=O)NN=Cc3cccc([N+](=O)[O-])c3)[nH]n2)cc1. The molecule has 1 heterocycles. The fourth-order valence-electron chi connectivity index (χ4n) is 3.17. The average molecular weight is 455 g/mol. The van der Waals surface area contributed by atoms with Crippen molar-refractivity contribution in [2.75, 3.05) is 0 Å². The predicted octanol–water partition coefficient (Wildman–Crippen LogP) is 4.64. The molecule has 4 aromatic rings. The van der Waals surface area contributed by atoms with Crippen LogP contribution in [0.15, 0.2) is 84.0 Å². The number of amides is 1. The van der Waals surface area contributed by atoms with Gasteiger partial charge in [0.2, 0.25) is 0 Å². The molecule has 0 radical (unpaired) electrons. The molecule has 34 heavy (non-hydrogen) atoms. The Morgan fingerprint density at radius 3 is 2.71 bits per heavy atom. The predicted molar refractivity (Wildman–Crippen MR) is 128 cm³/mol. The first kappa shape index (κ1) is 22.4. The van der Waals surface area contributed by atoms with E-state index in [-0.39, 0.29) is 11.4 Å². The largest absolute Gasteiger partial charge is 0.488 e. The molecule has 0 atom stereocenters. The topological polar surface area (TPSA) is 123 Å². The van der Waals surface area contributed by atoms with Gasteiger partial charge in [0.05, 0.1) is 16.8 Å². The monoisotopic (exact) mass is 455 g/mol. The third kappa shape index (κ3) is 5.52. The quantitative estimate of drug-likeness (QED) is 0.228. The van der Waals surface area contributed by atoms with Crippen molar-refractivity contribution >= 4 is 17.8 Å². The second-order valence-electron chi connectivity index (χ2n) is 7.49. The zero-order valence-electron chi connectivity index (χ0n) is 18.3. The maximum atomic E-state index is 12.4. The smallest absolute Gasteiger partial charge is 0.289 e. The van der Waals surface area contributed by atoms with Gasteiger partial charge in [-0.2, -0.15) is 10.2 Å². The standard InChI is InChI=1S/C25H21N5O4/c1-17-9-11-18(12-10-17)16-34-24-8-3-2-7-21(24)22-14-23(28-27-22)25(31)29-26-15-19-5-4-6-20(13-19)30(32)33/h2-15H,16H2,1H3,(H,27,28)(H,29,31). The summed E-state index contributed by atoms with van der Waals surface area (Å²) in [6, 6.07) is 23.1. The summed E-state index contributed by atoms with van der Waals surface area (Å²) in [7, 11) is 0. The molecule has 1 amide bonds. The van der Waals surface area contributed by atoms with E-state index in [4.69, 9.17) is 4.74 Å². The Hall–Kier alpha value is -4.79. The Balaban J connectivity index is 1.43. The van der Waals surface area contributed by atoms with E-state index < -0.39 is 10.8 Å². The van der Waals surface area contributed by atoms with E-state index in [1.807, 2.05) is 55.5 Å². The highest BCUT2D eigenvalue weighted by atomic mass is 16.6. The van der Waals surface area contributed by atoms with Gasteiger partial charge in [-0.3, -0.25) is 20.0 Å². The number of nitro benzene ring substituents is 1. The van der Waals surface area contributed by atoms with Crippen molar-refractivity contribution in [3.63, 3.8) is 0 Å². The molecule has 0 unspecified atom stereocenters.